The molecule has 4 aromatic rings. The van der Waals surface area contributed by atoms with Gasteiger partial charge < -0.3 is 0 Å². The van der Waals surface area contributed by atoms with Crippen LogP contribution >= 0.6 is 7.26 Å². The summed E-state index contributed by atoms with van der Waals surface area (Å²) < 4.78 is 57.2. The normalized spacial score (nSPS) is 20.2. The third-order valence-electron chi connectivity index (χ3n) is 8.16. The lowest BCUT2D eigenvalue weighted by Gasteiger charge is -2.45. The number of rotatable bonds is 5. The molecule has 3 atom stereocenters. The average Bonchev–Trinajstić information content (AvgIpc) is 3.47. The quantitative estimate of drug-likeness (QED) is 0.150. The van der Waals surface area contributed by atoms with E-state index in [2.05, 4.69) is 0 Å². The van der Waals surface area contributed by atoms with Crippen LogP contribution in [0.15, 0.2) is 121 Å². The van der Waals surface area contributed by atoms with E-state index in [-0.39, 0.29) is 17.5 Å². The Morgan fingerprint density at radius 1 is 0.800 bits per heavy atom. The fourth-order valence-corrected chi connectivity index (χ4v) is 11.1. The van der Waals surface area contributed by atoms with E-state index in [1.807, 2.05) is 103 Å². The standard InChI is InChI=1S/C33H27F4NOP/c34-23-19-20-30-29(21-23)27-17-10-18-28(27)31(38(30)32(39)33(35,36)37)22-40(24-11-4-1-5-12-24,25-13-6-2-7-14-25)26-15-8-3-9-16-26/h1-17,19-21,27-28,31H,18,22H2/q+1/t27-,28+,31+/m0/s1. The number of carbonyl (C=O) groups is 1. The second-order valence-electron chi connectivity index (χ2n) is 10.3. The van der Waals surface area contributed by atoms with Crippen molar-refractivity contribution in [3.8, 4) is 0 Å². The first-order valence-electron chi connectivity index (χ1n) is 13.2. The van der Waals surface area contributed by atoms with Crippen LogP contribution in [0.2, 0.25) is 0 Å². The number of halogens is 4. The van der Waals surface area contributed by atoms with Gasteiger partial charge in [-0.2, -0.15) is 13.2 Å². The van der Waals surface area contributed by atoms with Crippen LogP contribution in [0.25, 0.3) is 0 Å². The first-order valence-corrected chi connectivity index (χ1v) is 15.2. The summed E-state index contributed by atoms with van der Waals surface area (Å²) in [6, 6.07) is 32.7. The highest BCUT2D eigenvalue weighted by atomic mass is 31.2. The molecule has 0 spiro atoms. The van der Waals surface area contributed by atoms with E-state index in [0.29, 0.717) is 18.1 Å². The van der Waals surface area contributed by atoms with Gasteiger partial charge in [0.05, 0.1) is 12.2 Å². The zero-order chi connectivity index (χ0) is 27.9. The lowest BCUT2D eigenvalue weighted by Crippen LogP contribution is -2.56. The molecule has 2 nitrogen and oxygen atoms in total. The molecule has 0 saturated carbocycles. The van der Waals surface area contributed by atoms with Crippen molar-refractivity contribution in [2.45, 2.75) is 24.6 Å². The number of anilines is 1. The van der Waals surface area contributed by atoms with E-state index in [1.54, 1.807) is 0 Å². The second kappa shape index (κ2) is 10.3. The molecule has 0 radical (unpaired) electrons. The van der Waals surface area contributed by atoms with Crippen LogP contribution in [-0.4, -0.2) is 24.3 Å². The summed E-state index contributed by atoms with van der Waals surface area (Å²) in [4.78, 5) is 14.2. The van der Waals surface area contributed by atoms with Crippen molar-refractivity contribution in [2.24, 2.45) is 5.92 Å². The zero-order valence-electron chi connectivity index (χ0n) is 21.5. The number of hydrogen-bond acceptors (Lipinski definition) is 1. The summed E-state index contributed by atoms with van der Waals surface area (Å²) in [7, 11) is -2.58. The average molecular weight is 561 g/mol. The molecule has 7 heteroatoms. The molecule has 1 aliphatic carbocycles. The van der Waals surface area contributed by atoms with Crippen molar-refractivity contribution >= 4 is 34.8 Å². The maximum atomic E-state index is 14.4. The minimum Gasteiger partial charge on any atom is -0.297 e. The Bertz CT molecular complexity index is 1440. The minimum absolute atomic E-state index is 0.133. The van der Waals surface area contributed by atoms with E-state index in [1.165, 1.54) is 12.1 Å². The van der Waals surface area contributed by atoms with Crippen molar-refractivity contribution in [3.63, 3.8) is 0 Å². The number of carbonyl (C=O) groups excluding carboxylic acids is 1. The van der Waals surface area contributed by atoms with Gasteiger partial charge in [-0.05, 0) is 72.5 Å². The Hall–Kier alpha value is -3.76. The maximum absolute atomic E-state index is 14.4. The Labute approximate surface area is 231 Å². The summed E-state index contributed by atoms with van der Waals surface area (Å²) in [5.74, 6) is -3.05. The highest BCUT2D eigenvalue weighted by Crippen LogP contribution is 2.60. The van der Waals surface area contributed by atoms with Crippen molar-refractivity contribution in [2.75, 3.05) is 11.1 Å². The molecule has 6 rings (SSSR count). The molecule has 1 amide bonds. The van der Waals surface area contributed by atoms with Crippen LogP contribution < -0.4 is 20.8 Å². The Balaban J connectivity index is 1.62. The van der Waals surface area contributed by atoms with Crippen molar-refractivity contribution < 1.29 is 22.4 Å². The lowest BCUT2D eigenvalue weighted by atomic mass is 9.78. The molecule has 1 aliphatic heterocycles. The molecule has 0 aromatic heterocycles. The third kappa shape index (κ3) is 4.45. The minimum atomic E-state index is -5.09. The van der Waals surface area contributed by atoms with Crippen LogP contribution in [0.4, 0.5) is 23.2 Å². The van der Waals surface area contributed by atoms with Crippen molar-refractivity contribution in [1.29, 1.82) is 0 Å². The highest BCUT2D eigenvalue weighted by molar-refractivity contribution is 7.95. The number of hydrogen-bond donors (Lipinski definition) is 0. The first kappa shape index (κ1) is 26.5. The SMILES string of the molecule is O=C(N1c2ccc(F)cc2[C@H]2C=CC[C@H]2[C@H]1C[P+](c1ccccc1)(c1ccccc1)c1ccccc1)C(F)(F)F. The number of benzene rings is 4. The topological polar surface area (TPSA) is 20.3 Å². The first-order chi connectivity index (χ1) is 19.3. The smallest absolute Gasteiger partial charge is 0.297 e. The fourth-order valence-electron chi connectivity index (χ4n) is 6.49. The summed E-state index contributed by atoms with van der Waals surface area (Å²) in [5.41, 5.74) is 0.560. The van der Waals surface area contributed by atoms with Gasteiger partial charge in [0.25, 0.3) is 0 Å². The Kier molecular flexibility index (Phi) is 6.83. The highest BCUT2D eigenvalue weighted by Gasteiger charge is 2.57. The Morgan fingerprint density at radius 2 is 1.32 bits per heavy atom. The van der Waals surface area contributed by atoms with Crippen molar-refractivity contribution in [3.05, 3.63) is 133 Å². The summed E-state index contributed by atoms with van der Waals surface area (Å²) >= 11 is 0. The predicted molar refractivity (Wildman–Crippen MR) is 154 cm³/mol. The summed E-state index contributed by atoms with van der Waals surface area (Å²) in [5, 5.41) is 3.08. The van der Waals surface area contributed by atoms with Crippen LogP contribution in [0.5, 0.6) is 0 Å². The van der Waals surface area contributed by atoms with Gasteiger partial charge in [0, 0.05) is 11.6 Å². The van der Waals surface area contributed by atoms with E-state index >= 15 is 0 Å². The molecule has 1 heterocycles. The van der Waals surface area contributed by atoms with E-state index < -0.39 is 31.2 Å². The molecule has 0 fully saturated rings. The molecule has 0 unspecified atom stereocenters. The summed E-state index contributed by atoms with van der Waals surface area (Å²) in [6.07, 6.45) is -0.362. The fraction of sp³-hybridized carbons (Fsp3) is 0.182. The van der Waals surface area contributed by atoms with Gasteiger partial charge in [0.2, 0.25) is 0 Å². The van der Waals surface area contributed by atoms with Gasteiger partial charge in [-0.1, -0.05) is 66.7 Å². The number of alkyl halides is 3. The lowest BCUT2D eigenvalue weighted by molar-refractivity contribution is -0.171. The molecule has 0 bridgehead atoms. The van der Waals surface area contributed by atoms with E-state index in [9.17, 15) is 22.4 Å². The van der Waals surface area contributed by atoms with Crippen LogP contribution in [0.3, 0.4) is 0 Å². The van der Waals surface area contributed by atoms with Gasteiger partial charge in [0.1, 0.15) is 29.0 Å². The molecule has 40 heavy (non-hydrogen) atoms. The monoisotopic (exact) mass is 560 g/mol. The molecule has 2 aliphatic rings. The van der Waals surface area contributed by atoms with Gasteiger partial charge in [0.15, 0.2) is 0 Å². The number of allylic oxidation sites excluding steroid dienone is 2. The molecular weight excluding hydrogens is 533 g/mol. The van der Waals surface area contributed by atoms with Crippen LogP contribution in [-0.2, 0) is 4.79 Å². The van der Waals surface area contributed by atoms with Gasteiger partial charge in [-0.3, -0.25) is 9.69 Å². The van der Waals surface area contributed by atoms with Crippen LogP contribution in [0, 0.1) is 11.7 Å². The molecule has 4 aromatic carbocycles. The van der Waals surface area contributed by atoms with Gasteiger partial charge in [-0.15, -0.1) is 0 Å². The van der Waals surface area contributed by atoms with Gasteiger partial charge >= 0.3 is 12.1 Å². The van der Waals surface area contributed by atoms with Crippen molar-refractivity contribution in [1.82, 2.24) is 0 Å². The summed E-state index contributed by atoms with van der Waals surface area (Å²) in [6.45, 7) is 0. The second-order valence-corrected chi connectivity index (χ2v) is 13.8. The molecular formula is C33H27F4NOP+. The number of amides is 1. The Morgan fingerprint density at radius 3 is 1.82 bits per heavy atom. The van der Waals surface area contributed by atoms with E-state index in [4.69, 9.17) is 0 Å². The maximum Gasteiger partial charge on any atom is 0.471 e. The molecule has 0 N–H and O–H groups in total. The largest absolute Gasteiger partial charge is 0.471 e. The molecule has 202 valence electrons. The van der Waals surface area contributed by atoms with Crippen LogP contribution in [0.1, 0.15) is 17.9 Å². The molecule has 0 saturated heterocycles. The predicted octanol–water partition coefficient (Wildman–Crippen LogP) is 6.76. The van der Waals surface area contributed by atoms with E-state index in [0.717, 1.165) is 26.9 Å². The number of fused-ring (bicyclic) bond motifs is 3. The van der Waals surface area contributed by atoms with Gasteiger partial charge in [-0.25, -0.2) is 4.39 Å². The zero-order valence-corrected chi connectivity index (χ0v) is 22.4. The third-order valence-corrected chi connectivity index (χ3v) is 12.6. The number of nitrogens with zero attached hydrogens (tertiary/aromatic N) is 1.